The van der Waals surface area contributed by atoms with Gasteiger partial charge in [-0.15, -0.1) is 0 Å². The first kappa shape index (κ1) is 17.9. The van der Waals surface area contributed by atoms with E-state index >= 15 is 0 Å². The molecule has 0 amide bonds. The largest absolute Gasteiger partial charge is 0.379 e. The molecule has 0 radical (unpaired) electrons. The highest BCUT2D eigenvalue weighted by Crippen LogP contribution is 2.12. The molecule has 18 heavy (non-hydrogen) atoms. The first-order valence-electron chi connectivity index (χ1n) is 8.16. The Bertz CT molecular complexity index is 150. The van der Waals surface area contributed by atoms with Crippen LogP contribution in [0.25, 0.3) is 0 Å². The van der Waals surface area contributed by atoms with Crippen LogP contribution in [0.15, 0.2) is 0 Å². The van der Waals surface area contributed by atoms with Gasteiger partial charge in [0.1, 0.15) is 6.23 Å². The molecule has 0 spiro atoms. The van der Waals surface area contributed by atoms with E-state index < -0.39 is 0 Å². The van der Waals surface area contributed by atoms with Gasteiger partial charge in [-0.1, -0.05) is 77.6 Å². The van der Waals surface area contributed by atoms with E-state index in [1.807, 2.05) is 7.05 Å². The van der Waals surface area contributed by atoms with Gasteiger partial charge in [-0.2, -0.15) is 0 Å². The highest BCUT2D eigenvalue weighted by molar-refractivity contribution is 4.51. The predicted molar refractivity (Wildman–Crippen MR) is 80.8 cm³/mol. The van der Waals surface area contributed by atoms with Gasteiger partial charge in [0.05, 0.1) is 0 Å². The van der Waals surface area contributed by atoms with Gasteiger partial charge in [0.25, 0.3) is 0 Å². The third-order valence-electron chi connectivity index (χ3n) is 3.66. The lowest BCUT2D eigenvalue weighted by molar-refractivity contribution is 0.133. The number of unbranched alkanes of at least 4 members (excludes halogenated alkanes) is 11. The van der Waals surface area contributed by atoms with E-state index in [1.54, 1.807) is 0 Å². The summed E-state index contributed by atoms with van der Waals surface area (Å²) in [6.45, 7) is 2.27. The van der Waals surface area contributed by atoms with Gasteiger partial charge in [0.15, 0.2) is 0 Å². The molecule has 0 aromatic heterocycles. The van der Waals surface area contributed by atoms with Gasteiger partial charge in [-0.05, 0) is 19.9 Å². The van der Waals surface area contributed by atoms with Crippen LogP contribution in [0.1, 0.15) is 90.4 Å². The summed E-state index contributed by atoms with van der Waals surface area (Å²) in [6.07, 6.45) is 17.1. The average Bonchev–Trinajstić information content (AvgIpc) is 2.39. The lowest BCUT2D eigenvalue weighted by Gasteiger charge is -2.08. The number of hydrogen-bond donors (Lipinski definition) is 2. The van der Waals surface area contributed by atoms with Crippen molar-refractivity contribution in [3.63, 3.8) is 0 Å². The lowest BCUT2D eigenvalue weighted by Crippen LogP contribution is -2.23. The van der Waals surface area contributed by atoms with E-state index in [9.17, 15) is 5.11 Å². The Labute approximate surface area is 115 Å². The molecule has 0 aromatic rings. The van der Waals surface area contributed by atoms with Gasteiger partial charge in [0, 0.05) is 0 Å². The smallest absolute Gasteiger partial charge is 0.104 e. The number of rotatable bonds is 14. The zero-order valence-electron chi connectivity index (χ0n) is 12.7. The van der Waals surface area contributed by atoms with E-state index in [1.165, 1.54) is 70.6 Å². The molecule has 0 bridgehead atoms. The fourth-order valence-electron chi connectivity index (χ4n) is 2.32. The molecule has 0 heterocycles. The Kier molecular flexibility index (Phi) is 14.9. The second kappa shape index (κ2) is 15.0. The van der Waals surface area contributed by atoms with Crippen LogP contribution >= 0.6 is 0 Å². The van der Waals surface area contributed by atoms with E-state index in [4.69, 9.17) is 0 Å². The Morgan fingerprint density at radius 3 is 1.50 bits per heavy atom. The minimum absolute atomic E-state index is 0.298. The maximum absolute atomic E-state index is 9.31. The highest BCUT2D eigenvalue weighted by Gasteiger charge is 1.98. The normalized spacial score (nSPS) is 12.8. The fraction of sp³-hybridized carbons (Fsp3) is 1.00. The maximum Gasteiger partial charge on any atom is 0.104 e. The molecule has 0 aliphatic carbocycles. The van der Waals surface area contributed by atoms with Gasteiger partial charge in [-0.3, -0.25) is 5.32 Å². The summed E-state index contributed by atoms with van der Waals surface area (Å²) in [6, 6.07) is 0. The van der Waals surface area contributed by atoms with E-state index in [-0.39, 0.29) is 6.23 Å². The first-order chi connectivity index (χ1) is 8.81. The van der Waals surface area contributed by atoms with Crippen molar-refractivity contribution in [3.05, 3.63) is 0 Å². The molecule has 0 saturated carbocycles. The molecular formula is C16H35NO. The monoisotopic (exact) mass is 257 g/mol. The van der Waals surface area contributed by atoms with Crippen molar-refractivity contribution < 1.29 is 5.11 Å². The first-order valence-corrected chi connectivity index (χ1v) is 8.16. The van der Waals surface area contributed by atoms with Crippen LogP contribution in [0.3, 0.4) is 0 Å². The van der Waals surface area contributed by atoms with Gasteiger partial charge in [-0.25, -0.2) is 0 Å². The van der Waals surface area contributed by atoms with Crippen molar-refractivity contribution in [2.75, 3.05) is 7.05 Å². The molecule has 2 heteroatoms. The summed E-state index contributed by atoms with van der Waals surface area (Å²) in [5.74, 6) is 0. The molecule has 0 saturated heterocycles. The lowest BCUT2D eigenvalue weighted by atomic mass is 10.0. The number of aliphatic hydroxyl groups is 1. The third-order valence-corrected chi connectivity index (χ3v) is 3.66. The molecule has 1 atom stereocenters. The Balaban J connectivity index is 2.94. The summed E-state index contributed by atoms with van der Waals surface area (Å²) >= 11 is 0. The van der Waals surface area contributed by atoms with E-state index in [0.717, 1.165) is 12.8 Å². The number of nitrogens with one attached hydrogen (secondary N) is 1. The van der Waals surface area contributed by atoms with Crippen LogP contribution in [0.5, 0.6) is 0 Å². The SMILES string of the molecule is CCCCCCCCCCCCCCC(O)NC. The minimum Gasteiger partial charge on any atom is -0.379 e. The molecule has 2 nitrogen and oxygen atoms in total. The maximum atomic E-state index is 9.31. The number of hydrogen-bond acceptors (Lipinski definition) is 2. The van der Waals surface area contributed by atoms with Crippen LogP contribution < -0.4 is 5.32 Å². The Hall–Kier alpha value is -0.0800. The molecule has 0 aromatic carbocycles. The molecule has 110 valence electrons. The summed E-state index contributed by atoms with van der Waals surface area (Å²) in [5.41, 5.74) is 0. The molecule has 1 unspecified atom stereocenters. The summed E-state index contributed by atoms with van der Waals surface area (Å²) in [5, 5.41) is 12.2. The van der Waals surface area contributed by atoms with Crippen molar-refractivity contribution >= 4 is 0 Å². The van der Waals surface area contributed by atoms with Crippen LogP contribution in [0, 0.1) is 0 Å². The second-order valence-corrected chi connectivity index (χ2v) is 5.48. The minimum atomic E-state index is -0.298. The van der Waals surface area contributed by atoms with Crippen molar-refractivity contribution in [3.8, 4) is 0 Å². The van der Waals surface area contributed by atoms with E-state index in [2.05, 4.69) is 12.2 Å². The number of aliphatic hydroxyl groups excluding tert-OH is 1. The molecule has 0 aliphatic heterocycles. The van der Waals surface area contributed by atoms with Crippen LogP contribution in [0.4, 0.5) is 0 Å². The Morgan fingerprint density at radius 2 is 1.11 bits per heavy atom. The molecule has 0 rings (SSSR count). The predicted octanol–water partition coefficient (Wildman–Crippen LogP) is 4.62. The second-order valence-electron chi connectivity index (χ2n) is 5.48. The topological polar surface area (TPSA) is 32.3 Å². The zero-order valence-corrected chi connectivity index (χ0v) is 12.7. The van der Waals surface area contributed by atoms with Crippen LogP contribution in [-0.4, -0.2) is 18.4 Å². The molecule has 0 aliphatic rings. The van der Waals surface area contributed by atoms with Crippen LogP contribution in [0.2, 0.25) is 0 Å². The summed E-state index contributed by atoms with van der Waals surface area (Å²) in [7, 11) is 1.81. The average molecular weight is 257 g/mol. The van der Waals surface area contributed by atoms with Gasteiger partial charge < -0.3 is 5.11 Å². The fourth-order valence-corrected chi connectivity index (χ4v) is 2.32. The standard InChI is InChI=1S/C16H35NO/c1-3-4-5-6-7-8-9-10-11-12-13-14-15-16(18)17-2/h16-18H,3-15H2,1-2H3. The van der Waals surface area contributed by atoms with Crippen molar-refractivity contribution in [1.29, 1.82) is 0 Å². The Morgan fingerprint density at radius 1 is 0.722 bits per heavy atom. The van der Waals surface area contributed by atoms with Crippen molar-refractivity contribution in [1.82, 2.24) is 5.32 Å². The van der Waals surface area contributed by atoms with Crippen LogP contribution in [-0.2, 0) is 0 Å². The van der Waals surface area contributed by atoms with Crippen molar-refractivity contribution in [2.45, 2.75) is 96.6 Å². The molecule has 2 N–H and O–H groups in total. The summed E-state index contributed by atoms with van der Waals surface area (Å²) in [4.78, 5) is 0. The highest BCUT2D eigenvalue weighted by atomic mass is 16.3. The van der Waals surface area contributed by atoms with Gasteiger partial charge >= 0.3 is 0 Å². The molecule has 0 fully saturated rings. The quantitative estimate of drug-likeness (QED) is 0.352. The van der Waals surface area contributed by atoms with Crippen molar-refractivity contribution in [2.24, 2.45) is 0 Å². The molecular weight excluding hydrogens is 222 g/mol. The summed E-state index contributed by atoms with van der Waals surface area (Å²) < 4.78 is 0. The van der Waals surface area contributed by atoms with Gasteiger partial charge in [0.2, 0.25) is 0 Å². The van der Waals surface area contributed by atoms with E-state index in [0.29, 0.717) is 0 Å². The third kappa shape index (κ3) is 14.0. The zero-order chi connectivity index (χ0) is 13.5.